The van der Waals surface area contributed by atoms with E-state index in [4.69, 9.17) is 16.2 Å². The predicted octanol–water partition coefficient (Wildman–Crippen LogP) is 1.33. The molecule has 0 aromatic heterocycles. The number of carbonyl (C=O) groups is 14. The number of carboxylic acid groups (broad SMARTS) is 2. The number of nitrogens with two attached hydrogens (primary N) is 2. The van der Waals surface area contributed by atoms with Crippen LogP contribution in [0.15, 0.2) is 48.5 Å². The highest BCUT2D eigenvalue weighted by atomic mass is 16.5. The minimum atomic E-state index is -1.99. The minimum absolute atomic E-state index is 0.0294. The number of ether oxygens (including phenoxy) is 1. The molecule has 2 aromatic carbocycles. The highest BCUT2D eigenvalue weighted by molar-refractivity contribution is 5.99. The van der Waals surface area contributed by atoms with Crippen LogP contribution in [0, 0.1) is 11.8 Å². The van der Waals surface area contributed by atoms with Crippen molar-refractivity contribution in [2.45, 2.75) is 275 Å². The van der Waals surface area contributed by atoms with Crippen molar-refractivity contribution >= 4 is 82.9 Å². The molecule has 2 unspecified atom stereocenters. The topological polar surface area (TPSA) is 513 Å². The molecular formula is C73H112N12O20. The summed E-state index contributed by atoms with van der Waals surface area (Å²) in [6.45, 7) is 9.83. The summed E-state index contributed by atoms with van der Waals surface area (Å²) in [5, 5.41) is 74.3. The average molecular weight is 1480 g/mol. The maximum absolute atomic E-state index is 14.8. The summed E-state index contributed by atoms with van der Waals surface area (Å²) in [6, 6.07) is -4.98. The Morgan fingerprint density at radius 2 is 1.16 bits per heavy atom. The normalized spacial score (nSPS) is 22.2. The number of carboxylic acids is 2. The first kappa shape index (κ1) is 88.1. The average Bonchev–Trinajstić information content (AvgIpc) is 1.82. The molecule has 0 saturated carbocycles. The van der Waals surface area contributed by atoms with Gasteiger partial charge < -0.3 is 94.5 Å². The molecule has 0 radical (unpaired) electrons. The number of nitrogens with zero attached hydrogens (tertiary/aromatic N) is 1. The molecule has 0 aliphatic carbocycles. The molecule has 2 aromatic rings. The SMILES string of the molecule is CCCCCCCCCCCC(C)CCC(O)C(=O)N[C@@H](CCC(=O)O)C(=O)N[C@@H](CCCN)C(=O)N[C@H]1Cc2ccc(cc2)OC(=O)[C@H]([C@@H](C)CC)NC(=O)[C@H](Cc2ccc(O)cc2)NC(=O)[C@H](CCC(N)=O)NC(=O)[C@@H]2CCCN2C(=O)[C@H](C)NC(=O)[C@H](CCC(=O)O)NC(=O)[C@H]([C@@H](C)O)NC1=O. The van der Waals surface area contributed by atoms with E-state index in [1.54, 1.807) is 13.8 Å². The number of nitrogens with one attached hydrogen (secondary N) is 9. The summed E-state index contributed by atoms with van der Waals surface area (Å²) in [5.41, 5.74) is 12.0. The highest BCUT2D eigenvalue weighted by Gasteiger charge is 2.41. The quantitative estimate of drug-likeness (QED) is 0.0198. The number of aliphatic carboxylic acids is 2. The van der Waals surface area contributed by atoms with Crippen molar-refractivity contribution in [3.8, 4) is 11.5 Å². The Hall–Kier alpha value is -9.30. The maximum atomic E-state index is 14.8. The Balaban J connectivity index is 1.76. The lowest BCUT2D eigenvalue weighted by molar-refractivity contribution is -0.143. The Morgan fingerprint density at radius 3 is 1.76 bits per heavy atom. The number of carbonyl (C=O) groups excluding carboxylic acids is 12. The molecule has 14 atom stereocenters. The van der Waals surface area contributed by atoms with Crippen molar-refractivity contribution in [1.82, 2.24) is 52.8 Å². The summed E-state index contributed by atoms with van der Waals surface area (Å²) >= 11 is 0. The number of hydrogen-bond donors (Lipinski definition) is 16. The van der Waals surface area contributed by atoms with Crippen molar-refractivity contribution in [3.05, 3.63) is 59.7 Å². The fourth-order valence-electron chi connectivity index (χ4n) is 12.3. The standard InChI is InChI=1S/C73H112N12O20/c1-7-9-10-11-12-13-14-15-16-19-42(3)22-34-57(88)70(101)79-53(33-37-60(92)93)65(96)77-50(20-17-38-74)64(95)81-55-41-47-25-29-49(30-26-47)105-73(104)61(43(4)8-2)83-67(98)54(40-46-23-27-48(87)28-24-46)82-66(97)51(31-35-58(75)89)78-69(100)56-21-18-39-85(56)72(103)44(5)76-63(94)52(32-36-59(90)91)80-71(102)62(45(6)86)84-68(55)99/h23-30,42-45,50-57,61-62,86-88H,7-22,31-41,74H2,1-6H3,(H2,75,89)(H,76,94)(H,77,96)(H,78,100)(H,79,101)(H,80,102)(H,81,95)(H,82,97)(H,83,98)(H,84,99)(H,90,91)(H,92,93)/t42?,43-,44-,45+,50-,51-,52-,53-,54-,55-,56-,57?,61-,62-/m0/s1. The number of aromatic hydroxyl groups is 1. The first-order chi connectivity index (χ1) is 49.8. The Labute approximate surface area is 612 Å². The van der Waals surface area contributed by atoms with E-state index in [-0.39, 0.29) is 74.6 Å². The van der Waals surface area contributed by atoms with Gasteiger partial charge in [-0.15, -0.1) is 0 Å². The largest absolute Gasteiger partial charge is 0.508 e. The lowest BCUT2D eigenvalue weighted by Gasteiger charge is -2.30. The second-order valence-electron chi connectivity index (χ2n) is 27.6. The third-order valence-corrected chi connectivity index (χ3v) is 18.9. The van der Waals surface area contributed by atoms with Gasteiger partial charge in [-0.1, -0.05) is 123 Å². The summed E-state index contributed by atoms with van der Waals surface area (Å²) < 4.78 is 5.82. The van der Waals surface area contributed by atoms with Gasteiger partial charge in [-0.25, -0.2) is 4.79 Å². The second kappa shape index (κ2) is 45.8. The summed E-state index contributed by atoms with van der Waals surface area (Å²) in [7, 11) is 0. The van der Waals surface area contributed by atoms with E-state index in [2.05, 4.69) is 54.8 Å². The van der Waals surface area contributed by atoms with Gasteiger partial charge in [-0.05, 0) is 125 Å². The number of hydrogen-bond acceptors (Lipinski definition) is 19. The molecule has 584 valence electrons. The molecular weight excluding hydrogens is 1360 g/mol. The molecule has 105 heavy (non-hydrogen) atoms. The van der Waals surface area contributed by atoms with Gasteiger partial charge in [0.25, 0.3) is 0 Å². The van der Waals surface area contributed by atoms with Crippen LogP contribution in [0.5, 0.6) is 11.5 Å². The Kier molecular flexibility index (Phi) is 38.4. The van der Waals surface area contributed by atoms with Crippen molar-refractivity contribution in [2.75, 3.05) is 13.1 Å². The zero-order valence-electron chi connectivity index (χ0n) is 61.3. The summed E-state index contributed by atoms with van der Waals surface area (Å²) in [4.78, 5) is 195. The highest BCUT2D eigenvalue weighted by Crippen LogP contribution is 2.23. The van der Waals surface area contributed by atoms with Crippen LogP contribution in [-0.4, -0.2) is 199 Å². The molecule has 11 amide bonds. The molecule has 5 rings (SSSR count). The summed E-state index contributed by atoms with van der Waals surface area (Å²) in [5.74, 6) is -15.5. The fraction of sp³-hybridized carbons (Fsp3) is 0.644. The molecule has 18 N–H and O–H groups in total. The monoisotopic (exact) mass is 1480 g/mol. The van der Waals surface area contributed by atoms with Crippen molar-refractivity contribution in [2.24, 2.45) is 23.3 Å². The van der Waals surface area contributed by atoms with E-state index in [1.165, 1.54) is 94.0 Å². The van der Waals surface area contributed by atoms with Crippen molar-refractivity contribution in [3.63, 3.8) is 0 Å². The van der Waals surface area contributed by atoms with E-state index in [9.17, 15) is 92.7 Å². The smallest absolute Gasteiger partial charge is 0.334 e. The molecule has 3 aliphatic rings. The van der Waals surface area contributed by atoms with Crippen LogP contribution in [-0.2, 0) is 80.0 Å². The van der Waals surface area contributed by atoms with Crippen LogP contribution in [0.4, 0.5) is 0 Å². The molecule has 1 saturated heterocycles. The first-order valence-corrected chi connectivity index (χ1v) is 36.8. The molecule has 0 spiro atoms. The second-order valence-corrected chi connectivity index (χ2v) is 27.6. The van der Waals surface area contributed by atoms with E-state index in [1.807, 2.05) is 6.92 Å². The van der Waals surface area contributed by atoms with E-state index < -0.39 is 206 Å². The van der Waals surface area contributed by atoms with Crippen LogP contribution in [0.2, 0.25) is 0 Å². The number of phenolic OH excluding ortho intramolecular Hbond substituents is 1. The zero-order chi connectivity index (χ0) is 77.9. The molecule has 2 bridgehead atoms. The molecule has 3 aliphatic heterocycles. The van der Waals surface area contributed by atoms with Crippen molar-refractivity contribution in [1.29, 1.82) is 0 Å². The fourth-order valence-corrected chi connectivity index (χ4v) is 12.3. The molecule has 1 fully saturated rings. The van der Waals surface area contributed by atoms with Gasteiger partial charge in [-0.2, -0.15) is 0 Å². The van der Waals surface area contributed by atoms with Crippen LogP contribution in [0.25, 0.3) is 0 Å². The number of benzene rings is 2. The van der Waals surface area contributed by atoms with Gasteiger partial charge in [0.15, 0.2) is 0 Å². The Morgan fingerprint density at radius 1 is 0.600 bits per heavy atom. The molecule has 32 heteroatoms. The number of unbranched alkanes of at least 4 members (excludes halogenated alkanes) is 8. The van der Waals surface area contributed by atoms with E-state index >= 15 is 0 Å². The molecule has 3 heterocycles. The summed E-state index contributed by atoms with van der Waals surface area (Å²) in [6.07, 6.45) is 4.82. The number of rotatable bonds is 36. The number of primary amides is 1. The van der Waals surface area contributed by atoms with Crippen molar-refractivity contribution < 1.29 is 97.4 Å². The molecule has 32 nitrogen and oxygen atoms in total. The van der Waals surface area contributed by atoms with Gasteiger partial charge in [0.05, 0.1) is 6.10 Å². The number of aliphatic hydroxyl groups excluding tert-OH is 2. The lowest BCUT2D eigenvalue weighted by atomic mass is 9.95. The van der Waals surface area contributed by atoms with E-state index in [0.717, 1.165) is 37.5 Å². The number of amides is 11. The van der Waals surface area contributed by atoms with Crippen LogP contribution >= 0.6 is 0 Å². The van der Waals surface area contributed by atoms with Crippen LogP contribution in [0.3, 0.4) is 0 Å². The number of aliphatic hydroxyl groups is 2. The zero-order valence-corrected chi connectivity index (χ0v) is 61.3. The third kappa shape index (κ3) is 31.1. The van der Waals surface area contributed by atoms with Gasteiger partial charge in [0.2, 0.25) is 65.0 Å². The van der Waals surface area contributed by atoms with Crippen LogP contribution < -0.4 is 64.1 Å². The third-order valence-electron chi connectivity index (χ3n) is 18.9. The number of fused-ring (bicyclic) bond motifs is 23. The van der Waals surface area contributed by atoms with Gasteiger partial charge in [-0.3, -0.25) is 62.3 Å². The number of phenols is 1. The predicted molar refractivity (Wildman–Crippen MR) is 383 cm³/mol. The first-order valence-electron chi connectivity index (χ1n) is 36.8. The minimum Gasteiger partial charge on any atom is -0.508 e. The Bertz CT molecular complexity index is 3230. The van der Waals surface area contributed by atoms with Gasteiger partial charge in [0, 0.05) is 38.6 Å². The van der Waals surface area contributed by atoms with Crippen LogP contribution in [0.1, 0.15) is 200 Å². The maximum Gasteiger partial charge on any atom is 0.334 e. The van der Waals surface area contributed by atoms with E-state index in [0.29, 0.717) is 18.4 Å². The number of esters is 1. The van der Waals surface area contributed by atoms with Gasteiger partial charge in [0.1, 0.15) is 78.0 Å². The lowest BCUT2D eigenvalue weighted by Crippen LogP contribution is -2.62. The van der Waals surface area contributed by atoms with Gasteiger partial charge >= 0.3 is 17.9 Å².